The lowest BCUT2D eigenvalue weighted by Gasteiger charge is -2.21. The van der Waals surface area contributed by atoms with E-state index in [4.69, 9.17) is 5.11 Å². The lowest BCUT2D eigenvalue weighted by Crippen LogP contribution is -2.36. The van der Waals surface area contributed by atoms with E-state index in [-0.39, 0.29) is 17.8 Å². The van der Waals surface area contributed by atoms with Crippen LogP contribution in [0, 0.1) is 5.41 Å². The number of carbonyl (C=O) groups is 1. The first-order valence-corrected chi connectivity index (χ1v) is 4.18. The third-order valence-electron chi connectivity index (χ3n) is 1.70. The van der Waals surface area contributed by atoms with Gasteiger partial charge in [0.1, 0.15) is 0 Å². The number of nitrogens with one attached hydrogen (secondary N) is 2. The first kappa shape index (κ1) is 10.6. The molecule has 0 aromatic carbocycles. The molecule has 78 valence electrons. The van der Waals surface area contributed by atoms with Gasteiger partial charge in [-0.05, 0) is 5.21 Å². The second kappa shape index (κ2) is 4.14. The van der Waals surface area contributed by atoms with Crippen LogP contribution in [0.15, 0.2) is 0 Å². The second-order valence-corrected chi connectivity index (χ2v) is 3.74. The number of amides is 1. The van der Waals surface area contributed by atoms with Crippen molar-refractivity contribution in [2.75, 3.05) is 13.2 Å². The Bertz CT molecular complexity index is 295. The van der Waals surface area contributed by atoms with Crippen LogP contribution < -0.4 is 5.32 Å². The van der Waals surface area contributed by atoms with E-state index in [2.05, 4.69) is 25.9 Å². The van der Waals surface area contributed by atoms with Crippen LogP contribution in [-0.2, 0) is 0 Å². The Labute approximate surface area is 80.9 Å². The average molecular weight is 199 g/mol. The summed E-state index contributed by atoms with van der Waals surface area (Å²) in [5, 5.41) is 24.0. The van der Waals surface area contributed by atoms with Crippen molar-refractivity contribution in [3.8, 4) is 0 Å². The van der Waals surface area contributed by atoms with E-state index in [1.807, 2.05) is 13.8 Å². The third kappa shape index (κ3) is 2.77. The summed E-state index contributed by atoms with van der Waals surface area (Å²) in [6.07, 6.45) is 0. The molecule has 0 aliphatic carbocycles. The molecule has 3 N–H and O–H groups in total. The van der Waals surface area contributed by atoms with Gasteiger partial charge in [0.15, 0.2) is 0 Å². The molecule has 1 rings (SSSR count). The molecule has 0 aliphatic rings. The number of hydrogen-bond donors (Lipinski definition) is 3. The normalized spacial score (nSPS) is 11.4. The highest BCUT2D eigenvalue weighted by atomic mass is 16.3. The Balaban J connectivity index is 2.43. The van der Waals surface area contributed by atoms with E-state index in [0.29, 0.717) is 6.54 Å². The van der Waals surface area contributed by atoms with E-state index in [9.17, 15) is 4.79 Å². The van der Waals surface area contributed by atoms with Crippen LogP contribution in [0.3, 0.4) is 0 Å². The molecule has 0 fully saturated rings. The molecule has 0 radical (unpaired) electrons. The molecular weight excluding hydrogens is 186 g/mol. The van der Waals surface area contributed by atoms with E-state index in [1.54, 1.807) is 0 Å². The largest absolute Gasteiger partial charge is 0.396 e. The van der Waals surface area contributed by atoms with Crippen molar-refractivity contribution < 1.29 is 9.90 Å². The van der Waals surface area contributed by atoms with Gasteiger partial charge in [-0.15, -0.1) is 10.2 Å². The number of aliphatic hydroxyl groups excluding tert-OH is 1. The van der Waals surface area contributed by atoms with Crippen LogP contribution in [-0.4, -0.2) is 44.8 Å². The van der Waals surface area contributed by atoms with Crippen molar-refractivity contribution in [3.63, 3.8) is 0 Å². The summed E-state index contributed by atoms with van der Waals surface area (Å²) in [7, 11) is 0. The number of tetrazole rings is 1. The number of aromatic amines is 1. The van der Waals surface area contributed by atoms with E-state index < -0.39 is 5.91 Å². The van der Waals surface area contributed by atoms with Gasteiger partial charge in [-0.1, -0.05) is 13.8 Å². The highest BCUT2D eigenvalue weighted by Crippen LogP contribution is 2.11. The van der Waals surface area contributed by atoms with Crippen molar-refractivity contribution >= 4 is 5.91 Å². The smallest absolute Gasteiger partial charge is 0.292 e. The first-order chi connectivity index (χ1) is 6.55. The van der Waals surface area contributed by atoms with Crippen molar-refractivity contribution in [2.24, 2.45) is 5.41 Å². The molecule has 0 atom stereocenters. The van der Waals surface area contributed by atoms with Crippen molar-refractivity contribution in [1.29, 1.82) is 0 Å². The molecular formula is C7H13N5O2. The van der Waals surface area contributed by atoms with Gasteiger partial charge in [-0.3, -0.25) is 4.79 Å². The standard InChI is InChI=1S/C7H13N5O2/c1-7(2,4-13)3-8-6(14)5-9-11-12-10-5/h13H,3-4H2,1-2H3,(H,8,14)(H,9,10,11,12). The zero-order valence-corrected chi connectivity index (χ0v) is 8.11. The van der Waals surface area contributed by atoms with Crippen LogP contribution in [0.25, 0.3) is 0 Å². The van der Waals surface area contributed by atoms with Crippen molar-refractivity contribution in [3.05, 3.63) is 5.82 Å². The Kier molecular flexibility index (Phi) is 3.13. The SMILES string of the molecule is CC(C)(CO)CNC(=O)c1nn[nH]n1. The minimum atomic E-state index is -0.403. The summed E-state index contributed by atoms with van der Waals surface area (Å²) < 4.78 is 0. The quantitative estimate of drug-likeness (QED) is 0.574. The van der Waals surface area contributed by atoms with Gasteiger partial charge in [0, 0.05) is 18.6 Å². The number of aromatic nitrogens is 4. The van der Waals surface area contributed by atoms with Gasteiger partial charge in [0.25, 0.3) is 11.7 Å². The Morgan fingerprint density at radius 2 is 2.36 bits per heavy atom. The zero-order chi connectivity index (χ0) is 10.6. The molecule has 0 bridgehead atoms. The first-order valence-electron chi connectivity index (χ1n) is 4.18. The van der Waals surface area contributed by atoms with Gasteiger partial charge in [-0.2, -0.15) is 5.21 Å². The topological polar surface area (TPSA) is 104 Å². The van der Waals surface area contributed by atoms with Gasteiger partial charge >= 0.3 is 0 Å². The lowest BCUT2D eigenvalue weighted by molar-refractivity contribution is 0.0901. The second-order valence-electron chi connectivity index (χ2n) is 3.74. The maximum absolute atomic E-state index is 11.3. The third-order valence-corrected chi connectivity index (χ3v) is 1.70. The molecule has 1 aromatic rings. The van der Waals surface area contributed by atoms with Crippen LogP contribution in [0.2, 0.25) is 0 Å². The van der Waals surface area contributed by atoms with Gasteiger partial charge < -0.3 is 10.4 Å². The maximum atomic E-state index is 11.3. The molecule has 0 saturated carbocycles. The number of nitrogens with zero attached hydrogens (tertiary/aromatic N) is 3. The molecule has 0 saturated heterocycles. The van der Waals surface area contributed by atoms with Crippen molar-refractivity contribution in [1.82, 2.24) is 25.9 Å². The fraction of sp³-hybridized carbons (Fsp3) is 0.714. The molecule has 0 unspecified atom stereocenters. The van der Waals surface area contributed by atoms with Gasteiger partial charge in [0.2, 0.25) is 0 Å². The predicted octanol–water partition coefficient (Wildman–Crippen LogP) is -1.05. The van der Waals surface area contributed by atoms with Crippen LogP contribution in [0.4, 0.5) is 0 Å². The summed E-state index contributed by atoms with van der Waals surface area (Å²) in [4.78, 5) is 11.3. The lowest BCUT2D eigenvalue weighted by atomic mass is 9.95. The predicted molar refractivity (Wildman–Crippen MR) is 47.4 cm³/mol. The summed E-state index contributed by atoms with van der Waals surface area (Å²) in [6, 6.07) is 0. The Hall–Kier alpha value is -1.50. The minimum Gasteiger partial charge on any atom is -0.396 e. The van der Waals surface area contributed by atoms with Crippen LogP contribution >= 0.6 is 0 Å². The average Bonchev–Trinajstić information content (AvgIpc) is 2.67. The molecule has 7 nitrogen and oxygen atoms in total. The highest BCUT2D eigenvalue weighted by molar-refractivity contribution is 5.90. The maximum Gasteiger partial charge on any atom is 0.292 e. The van der Waals surface area contributed by atoms with Crippen molar-refractivity contribution in [2.45, 2.75) is 13.8 Å². The number of rotatable bonds is 4. The summed E-state index contributed by atoms with van der Waals surface area (Å²) in [6.45, 7) is 4.03. The molecule has 1 heterocycles. The van der Waals surface area contributed by atoms with Crippen LogP contribution in [0.1, 0.15) is 24.5 Å². The number of hydrogen-bond acceptors (Lipinski definition) is 5. The summed E-state index contributed by atoms with van der Waals surface area (Å²) in [5.74, 6) is -0.404. The molecule has 0 aliphatic heterocycles. The number of aliphatic hydroxyl groups is 1. The van der Waals surface area contributed by atoms with Gasteiger partial charge in [0.05, 0.1) is 0 Å². The Morgan fingerprint density at radius 3 is 2.86 bits per heavy atom. The highest BCUT2D eigenvalue weighted by Gasteiger charge is 2.19. The molecule has 7 heteroatoms. The number of carbonyl (C=O) groups excluding carboxylic acids is 1. The molecule has 1 aromatic heterocycles. The van der Waals surface area contributed by atoms with Gasteiger partial charge in [-0.25, -0.2) is 0 Å². The van der Waals surface area contributed by atoms with E-state index in [1.165, 1.54) is 0 Å². The van der Waals surface area contributed by atoms with Crippen LogP contribution in [0.5, 0.6) is 0 Å². The van der Waals surface area contributed by atoms with E-state index >= 15 is 0 Å². The summed E-state index contributed by atoms with van der Waals surface area (Å²) in [5.41, 5.74) is -0.348. The zero-order valence-electron chi connectivity index (χ0n) is 8.11. The molecule has 0 spiro atoms. The fourth-order valence-electron chi connectivity index (χ4n) is 0.713. The van der Waals surface area contributed by atoms with E-state index in [0.717, 1.165) is 0 Å². The minimum absolute atomic E-state index is 0.000472. The molecule has 1 amide bonds. The molecule has 14 heavy (non-hydrogen) atoms. The Morgan fingerprint density at radius 1 is 1.64 bits per heavy atom. The summed E-state index contributed by atoms with van der Waals surface area (Å²) >= 11 is 0. The fourth-order valence-corrected chi connectivity index (χ4v) is 0.713. The number of H-pyrrole nitrogens is 1. The monoisotopic (exact) mass is 199 g/mol.